The SMILES string of the molecule is O=C(O)/C(=N\OCCNC(c1ccccc1)(c1ccccc1)c1ccccc1)c1csc(NC(c2ccccc2)(c2ccccc2)c2ccccc2)n1. The highest BCUT2D eigenvalue weighted by Gasteiger charge is 2.38. The number of nitrogens with zero attached hydrogens (tertiary/aromatic N) is 2. The van der Waals surface area contributed by atoms with Crippen molar-refractivity contribution in [2.24, 2.45) is 5.16 Å². The number of carboxylic acids is 1. The summed E-state index contributed by atoms with van der Waals surface area (Å²) in [6.45, 7) is 0.478. The minimum atomic E-state index is -1.23. The maximum Gasteiger partial charge on any atom is 0.360 e. The molecular weight excluding hydrogens is 677 g/mol. The van der Waals surface area contributed by atoms with E-state index in [0.717, 1.165) is 33.4 Å². The number of benzene rings is 6. The number of aromatic nitrogens is 1. The zero-order valence-electron chi connectivity index (χ0n) is 28.9. The first kappa shape index (κ1) is 35.1. The van der Waals surface area contributed by atoms with Crippen LogP contribution in [-0.2, 0) is 20.7 Å². The van der Waals surface area contributed by atoms with Gasteiger partial charge in [-0.05, 0) is 33.4 Å². The molecule has 3 N–H and O–H groups in total. The fourth-order valence-electron chi connectivity index (χ4n) is 6.84. The van der Waals surface area contributed by atoms with E-state index in [2.05, 4.69) is 88.6 Å². The molecule has 6 aromatic carbocycles. The molecule has 7 nitrogen and oxygen atoms in total. The van der Waals surface area contributed by atoms with Gasteiger partial charge in [-0.25, -0.2) is 9.78 Å². The third-order valence-electron chi connectivity index (χ3n) is 9.22. The summed E-state index contributed by atoms with van der Waals surface area (Å²) in [6.07, 6.45) is 0. The van der Waals surface area contributed by atoms with Gasteiger partial charge in [0.05, 0.1) is 5.54 Å². The Morgan fingerprint density at radius 1 is 0.585 bits per heavy atom. The lowest BCUT2D eigenvalue weighted by atomic mass is 9.77. The lowest BCUT2D eigenvalue weighted by Crippen LogP contribution is -2.46. The predicted molar refractivity (Wildman–Crippen MR) is 212 cm³/mol. The highest BCUT2D eigenvalue weighted by Crippen LogP contribution is 2.41. The van der Waals surface area contributed by atoms with E-state index in [1.807, 2.05) is 109 Å². The Morgan fingerprint density at radius 2 is 0.943 bits per heavy atom. The fourth-order valence-corrected chi connectivity index (χ4v) is 7.59. The van der Waals surface area contributed by atoms with Crippen LogP contribution in [0.25, 0.3) is 0 Å². The van der Waals surface area contributed by atoms with Gasteiger partial charge in [0.25, 0.3) is 0 Å². The quantitative estimate of drug-likeness (QED) is 0.0425. The summed E-state index contributed by atoms with van der Waals surface area (Å²) in [6, 6.07) is 61.3. The number of oxime groups is 1. The first-order valence-corrected chi connectivity index (χ1v) is 18.2. The van der Waals surface area contributed by atoms with Crippen LogP contribution in [0.15, 0.2) is 193 Å². The van der Waals surface area contributed by atoms with Gasteiger partial charge in [0.2, 0.25) is 5.71 Å². The Kier molecular flexibility index (Phi) is 10.8. The van der Waals surface area contributed by atoms with Crippen LogP contribution in [-0.4, -0.2) is 34.9 Å². The van der Waals surface area contributed by atoms with Crippen molar-refractivity contribution in [2.45, 2.75) is 11.1 Å². The van der Waals surface area contributed by atoms with Gasteiger partial charge >= 0.3 is 5.97 Å². The van der Waals surface area contributed by atoms with E-state index in [9.17, 15) is 9.90 Å². The lowest BCUT2D eigenvalue weighted by molar-refractivity contribution is -0.129. The zero-order chi connectivity index (χ0) is 36.4. The Bertz CT molecular complexity index is 2040. The van der Waals surface area contributed by atoms with Gasteiger partial charge in [0.15, 0.2) is 5.13 Å². The van der Waals surface area contributed by atoms with E-state index >= 15 is 0 Å². The van der Waals surface area contributed by atoms with Gasteiger partial charge in [-0.15, -0.1) is 11.3 Å². The Hall–Kier alpha value is -6.35. The summed E-state index contributed by atoms with van der Waals surface area (Å²) in [5, 5.41) is 24.0. The average Bonchev–Trinajstić information content (AvgIpc) is 3.69. The molecule has 0 spiro atoms. The van der Waals surface area contributed by atoms with Crippen LogP contribution >= 0.6 is 11.3 Å². The van der Waals surface area contributed by atoms with Crippen molar-refractivity contribution in [1.82, 2.24) is 10.3 Å². The molecule has 1 aromatic heterocycles. The van der Waals surface area contributed by atoms with Crippen LogP contribution in [0.4, 0.5) is 5.13 Å². The number of nitrogens with one attached hydrogen (secondary N) is 2. The van der Waals surface area contributed by atoms with Gasteiger partial charge in [-0.2, -0.15) is 0 Å². The summed E-state index contributed by atoms with van der Waals surface area (Å²) in [5.74, 6) is -1.23. The van der Waals surface area contributed by atoms with E-state index in [4.69, 9.17) is 9.82 Å². The molecule has 1 heterocycles. The predicted octanol–water partition coefficient (Wildman–Crippen LogP) is 8.93. The van der Waals surface area contributed by atoms with Gasteiger partial charge in [0.1, 0.15) is 17.8 Å². The minimum absolute atomic E-state index is 0.111. The lowest BCUT2D eigenvalue weighted by Gasteiger charge is -2.37. The molecule has 8 heteroatoms. The molecule has 0 aliphatic rings. The average molecular weight is 715 g/mol. The third-order valence-corrected chi connectivity index (χ3v) is 9.98. The number of hydrogen-bond donors (Lipinski definition) is 3. The Morgan fingerprint density at radius 3 is 1.30 bits per heavy atom. The van der Waals surface area contributed by atoms with Gasteiger partial charge in [-0.1, -0.05) is 187 Å². The van der Waals surface area contributed by atoms with E-state index < -0.39 is 17.0 Å². The topological polar surface area (TPSA) is 95.8 Å². The van der Waals surface area contributed by atoms with Crippen LogP contribution in [0.5, 0.6) is 0 Å². The molecule has 0 saturated carbocycles. The van der Waals surface area contributed by atoms with E-state index in [-0.39, 0.29) is 18.0 Å². The van der Waals surface area contributed by atoms with Crippen molar-refractivity contribution in [3.05, 3.63) is 226 Å². The molecule has 7 rings (SSSR count). The number of hydrogen-bond acceptors (Lipinski definition) is 7. The highest BCUT2D eigenvalue weighted by atomic mass is 32.1. The maximum atomic E-state index is 12.6. The molecule has 0 aliphatic carbocycles. The monoisotopic (exact) mass is 714 g/mol. The summed E-state index contributed by atoms with van der Waals surface area (Å²) in [4.78, 5) is 23.0. The number of carboxylic acid groups (broad SMARTS) is 1. The fraction of sp³-hybridized carbons (Fsp3) is 0.0889. The van der Waals surface area contributed by atoms with Crippen molar-refractivity contribution in [3.63, 3.8) is 0 Å². The van der Waals surface area contributed by atoms with E-state index in [0.29, 0.717) is 11.7 Å². The summed E-state index contributed by atoms with van der Waals surface area (Å²) >= 11 is 1.31. The molecule has 0 bridgehead atoms. The second-order valence-electron chi connectivity index (χ2n) is 12.4. The molecule has 0 fully saturated rings. The van der Waals surface area contributed by atoms with Gasteiger partial charge in [-0.3, -0.25) is 5.32 Å². The second kappa shape index (κ2) is 16.3. The van der Waals surface area contributed by atoms with Crippen LogP contribution in [0.1, 0.15) is 39.1 Å². The Labute approximate surface area is 313 Å². The van der Waals surface area contributed by atoms with Crippen molar-refractivity contribution >= 4 is 28.1 Å². The number of anilines is 1. The van der Waals surface area contributed by atoms with Crippen molar-refractivity contribution in [1.29, 1.82) is 0 Å². The molecule has 0 amide bonds. The molecule has 53 heavy (non-hydrogen) atoms. The number of carbonyl (C=O) groups is 1. The molecule has 0 radical (unpaired) electrons. The molecular formula is C45H38N4O3S. The number of rotatable bonds is 15. The number of aliphatic carboxylic acids is 1. The Balaban J connectivity index is 1.15. The largest absolute Gasteiger partial charge is 0.476 e. The second-order valence-corrected chi connectivity index (χ2v) is 13.2. The molecule has 7 aromatic rings. The minimum Gasteiger partial charge on any atom is -0.476 e. The maximum absolute atomic E-state index is 12.6. The first-order chi connectivity index (χ1) is 26.1. The van der Waals surface area contributed by atoms with E-state index in [1.54, 1.807) is 5.38 Å². The van der Waals surface area contributed by atoms with Crippen LogP contribution < -0.4 is 10.6 Å². The van der Waals surface area contributed by atoms with Crippen molar-refractivity contribution < 1.29 is 14.7 Å². The molecule has 262 valence electrons. The molecule has 0 aliphatic heterocycles. The van der Waals surface area contributed by atoms with Crippen LogP contribution in [0, 0.1) is 0 Å². The smallest absolute Gasteiger partial charge is 0.360 e. The standard InChI is InChI=1S/C45H38N4O3S/c50-42(51)41(49-52-32-31-46-44(34-19-7-1-8-20-34,35-21-9-2-10-22-35)36-23-11-3-12-24-36)40-33-53-43(47-40)48-45(37-25-13-4-14-26-37,38-27-15-5-16-28-38)39-29-17-6-18-30-39/h1-30,33,46H,31-32H2,(H,47,48)(H,50,51)/b49-41-. The highest BCUT2D eigenvalue weighted by molar-refractivity contribution is 7.14. The van der Waals surface area contributed by atoms with Crippen molar-refractivity contribution in [3.8, 4) is 0 Å². The van der Waals surface area contributed by atoms with Gasteiger partial charge in [0, 0.05) is 11.9 Å². The van der Waals surface area contributed by atoms with E-state index in [1.165, 1.54) is 11.3 Å². The van der Waals surface area contributed by atoms with Crippen LogP contribution in [0.3, 0.4) is 0 Å². The van der Waals surface area contributed by atoms with Crippen molar-refractivity contribution in [2.75, 3.05) is 18.5 Å². The zero-order valence-corrected chi connectivity index (χ0v) is 29.7. The molecule has 0 atom stereocenters. The first-order valence-electron chi connectivity index (χ1n) is 17.4. The third kappa shape index (κ3) is 7.37. The summed E-state index contributed by atoms with van der Waals surface area (Å²) in [5.41, 5.74) is 4.63. The van der Waals surface area contributed by atoms with Crippen LogP contribution in [0.2, 0.25) is 0 Å². The summed E-state index contributed by atoms with van der Waals surface area (Å²) < 4.78 is 0. The normalized spacial score (nSPS) is 11.9. The summed E-state index contributed by atoms with van der Waals surface area (Å²) in [7, 11) is 0. The number of thiazole rings is 1. The molecule has 0 unspecified atom stereocenters. The molecule has 0 saturated heterocycles. The van der Waals surface area contributed by atoms with Gasteiger partial charge < -0.3 is 15.3 Å².